The Bertz CT molecular complexity index is 665. The van der Waals surface area contributed by atoms with Gasteiger partial charge in [0, 0.05) is 5.56 Å². The van der Waals surface area contributed by atoms with E-state index in [-0.39, 0.29) is 11.9 Å². The molecule has 2 aliphatic rings. The number of carbonyl (C=O) groups excluding carboxylic acids is 1. The van der Waals surface area contributed by atoms with Crippen LogP contribution in [0.1, 0.15) is 33.1 Å². The maximum Gasteiger partial charge on any atom is 0.256 e. The van der Waals surface area contributed by atoms with Crippen molar-refractivity contribution in [1.29, 1.82) is 0 Å². The van der Waals surface area contributed by atoms with Gasteiger partial charge in [0.25, 0.3) is 5.91 Å². The molecule has 3 nitrogen and oxygen atoms in total. The van der Waals surface area contributed by atoms with E-state index in [2.05, 4.69) is 12.1 Å². The topological polar surface area (TPSA) is 29.5 Å². The first-order valence-electron chi connectivity index (χ1n) is 6.42. The molecule has 2 aromatic carbocycles. The molecule has 2 aromatic rings. The molecular formula is C16H13NO2. The molecule has 0 radical (unpaired) electrons. The predicted octanol–water partition coefficient (Wildman–Crippen LogP) is 2.72. The Morgan fingerprint density at radius 2 is 1.74 bits per heavy atom. The number of nitrogens with zero attached hydrogens (tertiary/aromatic N) is 1. The Morgan fingerprint density at radius 3 is 2.63 bits per heavy atom. The van der Waals surface area contributed by atoms with Crippen LogP contribution in [-0.4, -0.2) is 17.5 Å². The Morgan fingerprint density at radius 1 is 1.00 bits per heavy atom. The van der Waals surface area contributed by atoms with E-state index < -0.39 is 0 Å². The van der Waals surface area contributed by atoms with Crippen molar-refractivity contribution in [1.82, 2.24) is 4.90 Å². The summed E-state index contributed by atoms with van der Waals surface area (Å²) in [6, 6.07) is 16.0. The zero-order valence-electron chi connectivity index (χ0n) is 10.4. The molecule has 19 heavy (non-hydrogen) atoms. The predicted molar refractivity (Wildman–Crippen MR) is 70.6 cm³/mol. The lowest BCUT2D eigenvalue weighted by molar-refractivity contribution is 0.0194. The van der Waals surface area contributed by atoms with Crippen molar-refractivity contribution in [3.8, 4) is 0 Å². The summed E-state index contributed by atoms with van der Waals surface area (Å²) in [5, 5.41) is 0. The quantitative estimate of drug-likeness (QED) is 0.720. The van der Waals surface area contributed by atoms with Crippen LogP contribution in [0.5, 0.6) is 0 Å². The van der Waals surface area contributed by atoms with Gasteiger partial charge in [0.1, 0.15) is 6.73 Å². The second-order valence-electron chi connectivity index (χ2n) is 4.94. The van der Waals surface area contributed by atoms with E-state index in [1.807, 2.05) is 41.3 Å². The molecule has 0 unspecified atom stereocenters. The molecule has 0 bridgehead atoms. The summed E-state index contributed by atoms with van der Waals surface area (Å²) in [6.07, 6.45) is 0. The smallest absolute Gasteiger partial charge is 0.256 e. The number of carbonyl (C=O) groups is 1. The van der Waals surface area contributed by atoms with Crippen LogP contribution < -0.4 is 0 Å². The van der Waals surface area contributed by atoms with Gasteiger partial charge in [0.2, 0.25) is 0 Å². The molecule has 0 saturated carbocycles. The van der Waals surface area contributed by atoms with Crippen molar-refractivity contribution in [2.24, 2.45) is 0 Å². The van der Waals surface area contributed by atoms with Gasteiger partial charge in [-0.15, -0.1) is 0 Å². The van der Waals surface area contributed by atoms with Gasteiger partial charge in [-0.25, -0.2) is 0 Å². The summed E-state index contributed by atoms with van der Waals surface area (Å²) in [5.74, 6) is 0.0669. The lowest BCUT2D eigenvalue weighted by Gasteiger charge is -2.23. The van der Waals surface area contributed by atoms with Crippen molar-refractivity contribution in [2.75, 3.05) is 6.73 Å². The number of amides is 1. The van der Waals surface area contributed by atoms with E-state index in [1.165, 1.54) is 11.1 Å². The number of hydrogen-bond donors (Lipinski definition) is 0. The van der Waals surface area contributed by atoms with Crippen molar-refractivity contribution < 1.29 is 9.53 Å². The van der Waals surface area contributed by atoms with Gasteiger partial charge in [0.05, 0.1) is 12.6 Å². The molecular weight excluding hydrogens is 238 g/mol. The van der Waals surface area contributed by atoms with Gasteiger partial charge < -0.3 is 9.64 Å². The van der Waals surface area contributed by atoms with E-state index in [0.29, 0.717) is 13.3 Å². The third kappa shape index (κ3) is 1.45. The number of rotatable bonds is 0. The average Bonchev–Trinajstić information content (AvgIpc) is 2.62. The Kier molecular flexibility index (Phi) is 2.23. The summed E-state index contributed by atoms with van der Waals surface area (Å²) >= 11 is 0. The van der Waals surface area contributed by atoms with Gasteiger partial charge in [-0.3, -0.25) is 4.79 Å². The summed E-state index contributed by atoms with van der Waals surface area (Å²) in [7, 11) is 0. The van der Waals surface area contributed by atoms with E-state index in [9.17, 15) is 4.79 Å². The fourth-order valence-electron chi connectivity index (χ4n) is 3.03. The molecule has 1 amide bonds. The summed E-state index contributed by atoms with van der Waals surface area (Å²) in [6.45, 7) is 0.922. The van der Waals surface area contributed by atoms with Gasteiger partial charge in [-0.05, 0) is 22.8 Å². The minimum absolute atomic E-state index is 0.00222. The molecule has 94 valence electrons. The van der Waals surface area contributed by atoms with Gasteiger partial charge in [-0.1, -0.05) is 42.5 Å². The average molecular weight is 251 g/mol. The Balaban J connectivity index is 1.97. The number of fused-ring (bicyclic) bond motifs is 5. The molecule has 0 saturated heterocycles. The molecule has 0 spiro atoms. The Hall–Kier alpha value is -2.13. The van der Waals surface area contributed by atoms with Crippen LogP contribution in [0.25, 0.3) is 0 Å². The second kappa shape index (κ2) is 3.93. The van der Waals surface area contributed by atoms with Gasteiger partial charge >= 0.3 is 0 Å². The first-order valence-corrected chi connectivity index (χ1v) is 6.42. The minimum Gasteiger partial charge on any atom is -0.356 e. The summed E-state index contributed by atoms with van der Waals surface area (Å²) in [5.41, 5.74) is 4.23. The van der Waals surface area contributed by atoms with Crippen LogP contribution in [0.3, 0.4) is 0 Å². The van der Waals surface area contributed by atoms with E-state index in [0.717, 1.165) is 11.1 Å². The third-order valence-corrected chi connectivity index (χ3v) is 3.90. The maximum absolute atomic E-state index is 12.4. The monoisotopic (exact) mass is 251 g/mol. The van der Waals surface area contributed by atoms with Crippen LogP contribution in [-0.2, 0) is 11.3 Å². The largest absolute Gasteiger partial charge is 0.356 e. The zero-order chi connectivity index (χ0) is 12.8. The van der Waals surface area contributed by atoms with Gasteiger partial charge in [-0.2, -0.15) is 0 Å². The third-order valence-electron chi connectivity index (χ3n) is 3.90. The van der Waals surface area contributed by atoms with Crippen LogP contribution in [0.4, 0.5) is 0 Å². The highest BCUT2D eigenvalue weighted by molar-refractivity contribution is 5.99. The highest BCUT2D eigenvalue weighted by atomic mass is 16.5. The molecule has 1 atom stereocenters. The van der Waals surface area contributed by atoms with Gasteiger partial charge in [0.15, 0.2) is 0 Å². The molecule has 2 heterocycles. The summed E-state index contributed by atoms with van der Waals surface area (Å²) < 4.78 is 5.64. The first kappa shape index (κ1) is 10.8. The zero-order valence-corrected chi connectivity index (χ0v) is 10.4. The van der Waals surface area contributed by atoms with E-state index in [4.69, 9.17) is 4.74 Å². The van der Waals surface area contributed by atoms with Crippen molar-refractivity contribution in [2.45, 2.75) is 12.6 Å². The van der Waals surface area contributed by atoms with Crippen molar-refractivity contribution in [3.05, 3.63) is 70.8 Å². The fraction of sp³-hybridized carbons (Fsp3) is 0.188. The van der Waals surface area contributed by atoms with E-state index >= 15 is 0 Å². The van der Waals surface area contributed by atoms with Crippen LogP contribution >= 0.6 is 0 Å². The minimum atomic E-state index is 0.00222. The summed E-state index contributed by atoms with van der Waals surface area (Å²) in [4.78, 5) is 14.3. The highest BCUT2D eigenvalue weighted by Crippen LogP contribution is 2.40. The molecule has 4 rings (SSSR count). The SMILES string of the molecule is O=C1c2ccccc2[C@H]2c3ccccc3COCN12. The number of ether oxygens (including phenoxy) is 1. The molecule has 0 aromatic heterocycles. The van der Waals surface area contributed by atoms with Crippen molar-refractivity contribution >= 4 is 5.91 Å². The van der Waals surface area contributed by atoms with E-state index in [1.54, 1.807) is 0 Å². The molecule has 0 aliphatic carbocycles. The standard InChI is InChI=1S/C16H13NO2/c18-16-14-8-4-3-7-13(14)15-12-6-2-1-5-11(12)9-19-10-17(15)16/h1-8,15H,9-10H2/t15-/m1/s1. The lowest BCUT2D eigenvalue weighted by atomic mass is 9.94. The molecule has 0 fully saturated rings. The second-order valence-corrected chi connectivity index (χ2v) is 4.94. The fourth-order valence-corrected chi connectivity index (χ4v) is 3.03. The maximum atomic E-state index is 12.4. The Labute approximate surface area is 111 Å². The molecule has 3 heteroatoms. The van der Waals surface area contributed by atoms with Crippen LogP contribution in [0, 0.1) is 0 Å². The molecule has 2 aliphatic heterocycles. The number of benzene rings is 2. The highest BCUT2D eigenvalue weighted by Gasteiger charge is 2.39. The lowest BCUT2D eigenvalue weighted by Crippen LogP contribution is -2.29. The van der Waals surface area contributed by atoms with Crippen LogP contribution in [0.15, 0.2) is 48.5 Å². The first-order chi connectivity index (χ1) is 9.36. The van der Waals surface area contributed by atoms with Crippen molar-refractivity contribution in [3.63, 3.8) is 0 Å². The normalized spacial score (nSPS) is 20.5. The number of hydrogen-bond acceptors (Lipinski definition) is 2. The molecule has 0 N–H and O–H groups in total. The van der Waals surface area contributed by atoms with Crippen LogP contribution in [0.2, 0.25) is 0 Å².